The summed E-state index contributed by atoms with van der Waals surface area (Å²) in [6.45, 7) is 3.74. The van der Waals surface area contributed by atoms with Crippen LogP contribution < -0.4 is 0 Å². The van der Waals surface area contributed by atoms with Crippen molar-refractivity contribution in [1.29, 1.82) is 21.2 Å². The molecule has 3 heterocycles. The molecular weight excluding hydrogens is 384 g/mol. The number of nitrogens with one attached hydrogen (secondary N) is 1. The zero-order valence-corrected chi connectivity index (χ0v) is 16.8. The van der Waals surface area contributed by atoms with Gasteiger partial charge in [-0.1, -0.05) is 37.3 Å². The summed E-state index contributed by atoms with van der Waals surface area (Å²) >= 11 is 1.37. The highest BCUT2D eigenvalue weighted by atomic mass is 32.1. The lowest BCUT2D eigenvalue weighted by molar-refractivity contribution is -0.292. The summed E-state index contributed by atoms with van der Waals surface area (Å²) in [5.74, 6) is -2.48. The van der Waals surface area contributed by atoms with E-state index in [0.29, 0.717) is 16.9 Å². The van der Waals surface area contributed by atoms with Crippen molar-refractivity contribution < 1.29 is 9.47 Å². The predicted octanol–water partition coefficient (Wildman–Crippen LogP) is 4.56. The van der Waals surface area contributed by atoms with Gasteiger partial charge in [0, 0.05) is 10.4 Å². The lowest BCUT2D eigenvalue weighted by Gasteiger charge is -2.49. The number of aryl methyl sites for hydroxylation is 1. The predicted molar refractivity (Wildman–Crippen MR) is 105 cm³/mol. The third kappa shape index (κ3) is 2.08. The van der Waals surface area contributed by atoms with Crippen molar-refractivity contribution in [3.8, 4) is 18.2 Å². The van der Waals surface area contributed by atoms with Crippen LogP contribution in [0, 0.1) is 63.1 Å². The van der Waals surface area contributed by atoms with Crippen molar-refractivity contribution in [3.05, 3.63) is 57.8 Å². The lowest BCUT2D eigenvalue weighted by atomic mass is 9.53. The van der Waals surface area contributed by atoms with Crippen LogP contribution in [0.4, 0.5) is 0 Å². The smallest absolute Gasteiger partial charge is 0.244 e. The van der Waals surface area contributed by atoms with E-state index in [0.717, 1.165) is 5.56 Å². The molecule has 29 heavy (non-hydrogen) atoms. The van der Waals surface area contributed by atoms with Gasteiger partial charge in [-0.2, -0.15) is 15.8 Å². The van der Waals surface area contributed by atoms with Gasteiger partial charge in [0.25, 0.3) is 0 Å². The summed E-state index contributed by atoms with van der Waals surface area (Å²) in [6, 6.07) is 17.4. The zero-order valence-electron chi connectivity index (χ0n) is 16.0. The van der Waals surface area contributed by atoms with Gasteiger partial charge in [0.05, 0.1) is 24.1 Å². The molecule has 4 rings (SSSR count). The van der Waals surface area contributed by atoms with Crippen LogP contribution in [0.3, 0.4) is 0 Å². The minimum atomic E-state index is -1.91. The molecule has 2 aromatic rings. The van der Waals surface area contributed by atoms with Gasteiger partial charge in [0.15, 0.2) is 5.41 Å². The molecule has 0 spiro atoms. The molecule has 4 unspecified atom stereocenters. The molecule has 0 radical (unpaired) electrons. The first-order valence-electron chi connectivity index (χ1n) is 9.26. The standard InChI is InChI=1S/C22H18N4O2S/c1-3-16-21(13-25)19(26)28-22(16,15-7-5-4-6-8-15)27-18(20(21,11-23)12-24)17-14(2)9-10-29-17/h4-10,16,18,26H,3H2,1-2H3. The molecule has 6 nitrogen and oxygen atoms in total. The van der Waals surface area contributed by atoms with Crippen LogP contribution >= 0.6 is 11.3 Å². The Hall–Kier alpha value is -3.18. The summed E-state index contributed by atoms with van der Waals surface area (Å²) in [5.41, 5.74) is -2.13. The van der Waals surface area contributed by atoms with Crippen LogP contribution in [-0.4, -0.2) is 5.90 Å². The maximum atomic E-state index is 10.4. The fourth-order valence-corrected chi connectivity index (χ4v) is 5.81. The molecule has 2 fully saturated rings. The van der Waals surface area contributed by atoms with E-state index in [4.69, 9.17) is 14.9 Å². The first-order chi connectivity index (χ1) is 14.0. The van der Waals surface area contributed by atoms with Crippen LogP contribution in [0.5, 0.6) is 0 Å². The molecule has 4 atom stereocenters. The SMILES string of the molecule is CCC1C2(c3ccccc3)OC(=N)C1(C#N)C(C#N)(C#N)C(c1sccc1C)O2. The molecule has 7 heteroatoms. The summed E-state index contributed by atoms with van der Waals surface area (Å²) in [6.07, 6.45) is -0.630. The van der Waals surface area contributed by atoms with E-state index >= 15 is 0 Å². The van der Waals surface area contributed by atoms with Gasteiger partial charge in [-0.15, -0.1) is 11.3 Å². The van der Waals surface area contributed by atoms with E-state index in [1.54, 1.807) is 0 Å². The molecule has 1 aromatic carbocycles. The number of nitriles is 3. The number of thiophene rings is 1. The van der Waals surface area contributed by atoms with Gasteiger partial charge >= 0.3 is 0 Å². The molecule has 2 aliphatic rings. The Labute approximate surface area is 173 Å². The number of nitrogens with zero attached hydrogens (tertiary/aromatic N) is 3. The third-order valence-electron chi connectivity index (χ3n) is 6.15. The number of ether oxygens (including phenoxy) is 2. The number of fused-ring (bicyclic) bond motifs is 2. The van der Waals surface area contributed by atoms with Crippen molar-refractivity contribution in [2.24, 2.45) is 16.7 Å². The molecule has 0 amide bonds. The first kappa shape index (κ1) is 19.2. The number of rotatable bonds is 3. The minimum Gasteiger partial charge on any atom is -0.443 e. The van der Waals surface area contributed by atoms with Crippen molar-refractivity contribution in [3.63, 3.8) is 0 Å². The minimum absolute atomic E-state index is 0.379. The Morgan fingerprint density at radius 2 is 1.79 bits per heavy atom. The number of benzene rings is 1. The topological polar surface area (TPSA) is 114 Å². The quantitative estimate of drug-likeness (QED) is 0.808. The van der Waals surface area contributed by atoms with Crippen LogP contribution in [0.1, 0.15) is 35.5 Å². The maximum Gasteiger partial charge on any atom is 0.244 e. The van der Waals surface area contributed by atoms with Gasteiger partial charge in [0.2, 0.25) is 17.1 Å². The zero-order chi connectivity index (χ0) is 20.9. The second-order valence-electron chi connectivity index (χ2n) is 7.34. The number of hydrogen-bond donors (Lipinski definition) is 1. The van der Waals surface area contributed by atoms with Crippen molar-refractivity contribution in [2.75, 3.05) is 0 Å². The molecule has 0 saturated carbocycles. The van der Waals surface area contributed by atoms with Gasteiger partial charge < -0.3 is 9.47 Å². The molecule has 1 aromatic heterocycles. The van der Waals surface area contributed by atoms with E-state index in [1.165, 1.54) is 11.3 Å². The average molecular weight is 402 g/mol. The van der Waals surface area contributed by atoms with Crippen molar-refractivity contribution in [1.82, 2.24) is 0 Å². The van der Waals surface area contributed by atoms with Crippen molar-refractivity contribution >= 4 is 17.2 Å². The van der Waals surface area contributed by atoms with Gasteiger partial charge in [-0.3, -0.25) is 5.41 Å². The Balaban J connectivity index is 2.09. The third-order valence-corrected chi connectivity index (χ3v) is 7.22. The second kappa shape index (κ2) is 6.42. The summed E-state index contributed by atoms with van der Waals surface area (Å²) in [4.78, 5) is 0.695. The molecule has 2 aliphatic heterocycles. The summed E-state index contributed by atoms with van der Waals surface area (Å²) in [7, 11) is 0. The Morgan fingerprint density at radius 3 is 2.31 bits per heavy atom. The fourth-order valence-electron chi connectivity index (χ4n) is 4.79. The molecule has 144 valence electrons. The lowest BCUT2D eigenvalue weighted by Crippen LogP contribution is -2.58. The van der Waals surface area contributed by atoms with Crippen molar-refractivity contribution in [2.45, 2.75) is 32.2 Å². The summed E-state index contributed by atoms with van der Waals surface area (Å²) in [5, 5.41) is 41.4. The summed E-state index contributed by atoms with van der Waals surface area (Å²) < 4.78 is 12.6. The van der Waals surface area contributed by atoms with E-state index in [1.807, 2.05) is 55.6 Å². The van der Waals surface area contributed by atoms with Gasteiger partial charge in [0.1, 0.15) is 6.10 Å². The molecule has 1 N–H and O–H groups in total. The Kier molecular flexibility index (Phi) is 4.24. The first-order valence-corrected chi connectivity index (χ1v) is 10.1. The van der Waals surface area contributed by atoms with E-state index in [9.17, 15) is 15.8 Å². The van der Waals surface area contributed by atoms with Crippen LogP contribution in [-0.2, 0) is 15.3 Å². The molecule has 0 aliphatic carbocycles. The normalized spacial score (nSPS) is 31.9. The van der Waals surface area contributed by atoms with E-state index in [-0.39, 0.29) is 5.90 Å². The monoisotopic (exact) mass is 402 g/mol. The van der Waals surface area contributed by atoms with Crippen LogP contribution in [0.15, 0.2) is 41.8 Å². The average Bonchev–Trinajstić information content (AvgIpc) is 3.26. The molecule has 2 bridgehead atoms. The Bertz CT molecular complexity index is 1090. The molecular formula is C22H18N4O2S. The van der Waals surface area contributed by atoms with Crippen LogP contribution in [0.2, 0.25) is 0 Å². The van der Waals surface area contributed by atoms with Gasteiger partial charge in [-0.05, 0) is 30.4 Å². The second-order valence-corrected chi connectivity index (χ2v) is 8.29. The highest BCUT2D eigenvalue weighted by Crippen LogP contribution is 2.70. The van der Waals surface area contributed by atoms with Crippen LogP contribution in [0.25, 0.3) is 0 Å². The molecule has 2 saturated heterocycles. The fraction of sp³-hybridized carbons (Fsp3) is 0.364. The van der Waals surface area contributed by atoms with E-state index in [2.05, 4.69) is 18.2 Å². The van der Waals surface area contributed by atoms with E-state index < -0.39 is 28.6 Å². The highest BCUT2D eigenvalue weighted by Gasteiger charge is 2.80. The maximum absolute atomic E-state index is 10.4. The van der Waals surface area contributed by atoms with Gasteiger partial charge in [-0.25, -0.2) is 0 Å². The Morgan fingerprint density at radius 1 is 1.10 bits per heavy atom. The largest absolute Gasteiger partial charge is 0.443 e. The highest BCUT2D eigenvalue weighted by molar-refractivity contribution is 7.10. The number of hydrogen-bond acceptors (Lipinski definition) is 7.